The van der Waals surface area contributed by atoms with Crippen LogP contribution in [-0.2, 0) is 40.4 Å². The lowest BCUT2D eigenvalue weighted by Gasteiger charge is -2.35. The number of rotatable bonds is 9. The zero-order valence-electron chi connectivity index (χ0n) is 33.3. The van der Waals surface area contributed by atoms with E-state index in [0.717, 1.165) is 32.1 Å². The fourth-order valence-electron chi connectivity index (χ4n) is 8.86. The Morgan fingerprint density at radius 2 is 1.81 bits per heavy atom. The van der Waals surface area contributed by atoms with E-state index in [1.165, 1.54) is 4.90 Å². The van der Waals surface area contributed by atoms with Crippen LogP contribution >= 0.6 is 0 Å². The van der Waals surface area contributed by atoms with Crippen molar-refractivity contribution in [1.82, 2.24) is 19.6 Å². The molecule has 1 saturated heterocycles. The van der Waals surface area contributed by atoms with E-state index in [9.17, 15) is 36.4 Å². The monoisotopic (exact) mass is 816 g/mol. The number of carbonyl (C=O) groups excluding carboxylic acids is 4. The lowest BCUT2D eigenvalue weighted by Crippen LogP contribution is -2.50. The maximum absolute atomic E-state index is 14.8. The Balaban J connectivity index is 1.25. The maximum Gasteiger partial charge on any atom is 0.306 e. The second-order valence-corrected chi connectivity index (χ2v) is 20.0. The molecule has 3 saturated carbocycles. The fraction of sp³-hybridized carbons (Fsp3) is 0.707. The highest BCUT2D eigenvalue weighted by molar-refractivity contribution is 7.90. The third-order valence-electron chi connectivity index (χ3n) is 12.8. The number of hydrogen-bond donors (Lipinski definition) is 1. The molecule has 0 unspecified atom stereocenters. The quantitative estimate of drug-likeness (QED) is 0.314. The van der Waals surface area contributed by atoms with Gasteiger partial charge in [0.2, 0.25) is 34.1 Å². The number of hydrogen-bond acceptors (Lipinski definition) is 11. The first kappa shape index (κ1) is 41.2. The minimum Gasteiger partial charge on any atom is -0.497 e. The van der Waals surface area contributed by atoms with Crippen LogP contribution in [0.2, 0.25) is 0 Å². The molecule has 2 aliphatic heterocycles. The Morgan fingerprint density at radius 1 is 1.05 bits per heavy atom. The molecule has 0 radical (unpaired) electrons. The number of carbonyl (C=O) groups is 4. The lowest BCUT2D eigenvalue weighted by atomic mass is 9.77. The number of fused-ring (bicyclic) bond motifs is 5. The number of methoxy groups -OCH3 is 1. The number of halogens is 2. The molecule has 1 N–H and O–H groups in total. The van der Waals surface area contributed by atoms with Crippen LogP contribution in [0.15, 0.2) is 18.2 Å². The highest BCUT2D eigenvalue weighted by atomic mass is 32.2. The van der Waals surface area contributed by atoms with Crippen molar-refractivity contribution >= 4 is 44.6 Å². The van der Waals surface area contributed by atoms with Gasteiger partial charge < -0.3 is 19.1 Å². The smallest absolute Gasteiger partial charge is 0.306 e. The van der Waals surface area contributed by atoms with Crippen LogP contribution in [-0.4, -0.2) is 90.4 Å². The van der Waals surface area contributed by atoms with Gasteiger partial charge in [-0.2, -0.15) is 0 Å². The van der Waals surface area contributed by atoms with Crippen LogP contribution in [0, 0.1) is 34.5 Å². The van der Waals surface area contributed by atoms with E-state index in [-0.39, 0.29) is 37.3 Å². The van der Waals surface area contributed by atoms with E-state index in [2.05, 4.69) is 4.72 Å². The molecule has 16 heteroatoms. The number of ether oxygens (including phenoxy) is 3. The summed E-state index contributed by atoms with van der Waals surface area (Å²) >= 11 is 0. The normalized spacial score (nSPS) is 31.0. The van der Waals surface area contributed by atoms with Crippen LogP contribution in [0.5, 0.6) is 11.6 Å². The third kappa shape index (κ3) is 8.90. The molecule has 3 aliphatic carbocycles. The molecular weight excluding hydrogens is 763 g/mol. The summed E-state index contributed by atoms with van der Waals surface area (Å²) in [7, 11) is -2.49. The van der Waals surface area contributed by atoms with Gasteiger partial charge >= 0.3 is 5.97 Å². The zero-order valence-corrected chi connectivity index (χ0v) is 34.1. The van der Waals surface area contributed by atoms with Gasteiger partial charge in [-0.25, -0.2) is 27.2 Å². The number of alkyl halides is 2. The van der Waals surface area contributed by atoms with E-state index < -0.39 is 98.8 Å². The van der Waals surface area contributed by atoms with Crippen molar-refractivity contribution in [2.75, 3.05) is 13.7 Å². The summed E-state index contributed by atoms with van der Waals surface area (Å²) in [5.74, 6) is -3.95. The predicted octanol–water partition coefficient (Wildman–Crippen LogP) is 5.56. The lowest BCUT2D eigenvalue weighted by molar-refractivity contribution is -0.154. The van der Waals surface area contributed by atoms with Crippen molar-refractivity contribution < 1.29 is 50.6 Å². The summed E-state index contributed by atoms with van der Waals surface area (Å²) in [6.45, 7) is 7.19. The molecule has 3 heterocycles. The van der Waals surface area contributed by atoms with Crippen molar-refractivity contribution in [2.45, 2.75) is 135 Å². The SMILES string of the molecule is COc1ccc2nc3c(nc2c1)O[C@H]1CN(C(=O)[C@H](C(C)(C)C)CC(=O)O[C@@H]2C[C@H]2CCCCC3)[C@H](C(=O)C[C@]2(C(=O)NS(=O)(=O)C3CC3)C[C@H]2CC(F)F)[C@@H]1C. The molecule has 13 nitrogen and oxygen atoms in total. The first-order chi connectivity index (χ1) is 26.9. The van der Waals surface area contributed by atoms with Gasteiger partial charge in [0.05, 0.1) is 53.7 Å². The van der Waals surface area contributed by atoms with E-state index in [4.69, 9.17) is 24.2 Å². The average molecular weight is 817 g/mol. The number of aromatic nitrogens is 2. The number of Topliss-reactive ketones (excluding diaryl/α,β-unsaturated/α-hetero) is 1. The highest BCUT2D eigenvalue weighted by Crippen LogP contribution is 2.59. The molecule has 2 aromatic rings. The van der Waals surface area contributed by atoms with Crippen LogP contribution in [0.3, 0.4) is 0 Å². The maximum atomic E-state index is 14.8. The van der Waals surface area contributed by atoms with Crippen LogP contribution in [0.1, 0.15) is 104 Å². The van der Waals surface area contributed by atoms with Gasteiger partial charge in [-0.05, 0) is 74.3 Å². The average Bonchev–Trinajstić information content (AvgIpc) is 4.06. The van der Waals surface area contributed by atoms with Crippen LogP contribution in [0.4, 0.5) is 8.78 Å². The third-order valence-corrected chi connectivity index (χ3v) is 14.6. The van der Waals surface area contributed by atoms with Crippen LogP contribution < -0.4 is 14.2 Å². The van der Waals surface area contributed by atoms with Gasteiger partial charge in [-0.15, -0.1) is 0 Å². The van der Waals surface area contributed by atoms with Crippen molar-refractivity contribution in [1.29, 1.82) is 0 Å². The summed E-state index contributed by atoms with van der Waals surface area (Å²) in [6, 6.07) is 4.18. The van der Waals surface area contributed by atoms with E-state index in [1.54, 1.807) is 26.2 Å². The van der Waals surface area contributed by atoms with Gasteiger partial charge in [-0.3, -0.25) is 23.9 Å². The molecule has 4 fully saturated rings. The highest BCUT2D eigenvalue weighted by Gasteiger charge is 2.63. The molecule has 8 atom stereocenters. The Hall–Kier alpha value is -3.95. The second-order valence-electron chi connectivity index (χ2n) is 18.0. The second kappa shape index (κ2) is 15.7. The van der Waals surface area contributed by atoms with Crippen molar-refractivity contribution in [2.24, 2.45) is 34.5 Å². The van der Waals surface area contributed by atoms with E-state index >= 15 is 0 Å². The molecule has 57 heavy (non-hydrogen) atoms. The Bertz CT molecular complexity index is 2020. The van der Waals surface area contributed by atoms with Crippen molar-refractivity contribution in [3.63, 3.8) is 0 Å². The first-order valence-electron chi connectivity index (χ1n) is 20.3. The first-order valence-corrected chi connectivity index (χ1v) is 21.8. The van der Waals surface area contributed by atoms with Gasteiger partial charge in [0, 0.05) is 24.8 Å². The Morgan fingerprint density at radius 3 is 2.49 bits per heavy atom. The van der Waals surface area contributed by atoms with Crippen LogP contribution in [0.25, 0.3) is 11.0 Å². The molecule has 1 aromatic carbocycles. The van der Waals surface area contributed by atoms with Gasteiger partial charge in [0.25, 0.3) is 0 Å². The van der Waals surface area contributed by atoms with Gasteiger partial charge in [-0.1, -0.05) is 40.5 Å². The number of nitrogens with zero attached hydrogens (tertiary/aromatic N) is 3. The molecule has 2 bridgehead atoms. The predicted molar refractivity (Wildman–Crippen MR) is 204 cm³/mol. The zero-order chi connectivity index (χ0) is 41.0. The van der Waals surface area contributed by atoms with Gasteiger partial charge in [0.15, 0.2) is 5.78 Å². The van der Waals surface area contributed by atoms with E-state index in [0.29, 0.717) is 41.7 Å². The summed E-state index contributed by atoms with van der Waals surface area (Å²) in [5, 5.41) is -0.739. The topological polar surface area (TPSA) is 171 Å². The number of benzene rings is 1. The molecule has 7 rings (SSSR count). The molecule has 0 spiro atoms. The number of sulfonamides is 1. The number of nitrogens with one attached hydrogen (secondary N) is 1. The van der Waals surface area contributed by atoms with Gasteiger partial charge in [0.1, 0.15) is 23.7 Å². The number of esters is 1. The Kier molecular flexibility index (Phi) is 11.3. The fourth-order valence-corrected chi connectivity index (χ4v) is 10.2. The number of amides is 2. The molecule has 1 aromatic heterocycles. The molecule has 2 amide bonds. The minimum absolute atomic E-state index is 0.0737. The summed E-state index contributed by atoms with van der Waals surface area (Å²) in [6.07, 6.45) is 0.333. The number of ketones is 1. The van der Waals surface area contributed by atoms with Crippen molar-refractivity contribution in [3.8, 4) is 11.6 Å². The van der Waals surface area contributed by atoms with Crippen molar-refractivity contribution in [3.05, 3.63) is 23.9 Å². The summed E-state index contributed by atoms with van der Waals surface area (Å²) in [5.41, 5.74) is -0.627. The standard InChI is InChI=1S/C41H54F2N4O9S/c1-22-33-21-47(36(22)31(48)20-41(19-24(41)16-34(42)43)39(51)46-57(52,53)26-12-13-26)38(50)27(40(2,3)4)18-35(49)55-32-15-23(32)9-7-6-8-10-29-37(56-33)45-30-17-25(54-5)11-14-28(30)44-29/h11,14,17,22-24,26-27,32-34,36H,6-10,12-13,15-16,18-21H2,1-5H3,(H,46,51)/t22-,23-,24-,27-,32-,33+,36+,41-/m1/s1. The largest absolute Gasteiger partial charge is 0.497 e. The Labute approximate surface area is 332 Å². The van der Waals surface area contributed by atoms with E-state index in [1.807, 2.05) is 26.8 Å². The summed E-state index contributed by atoms with van der Waals surface area (Å²) < 4.78 is 73.2. The molecule has 312 valence electrons. The number of aryl methyl sites for hydroxylation is 1. The molecular formula is C41H54F2N4O9S. The summed E-state index contributed by atoms with van der Waals surface area (Å²) in [4.78, 5) is 67.8. The molecule has 5 aliphatic rings. The minimum atomic E-state index is -4.04.